The topological polar surface area (TPSA) is 58.7 Å². The van der Waals surface area contributed by atoms with Crippen molar-refractivity contribution in [3.63, 3.8) is 0 Å². The molecule has 1 unspecified atom stereocenters. The fourth-order valence-corrected chi connectivity index (χ4v) is 2.37. The van der Waals surface area contributed by atoms with Gasteiger partial charge in [-0.05, 0) is 37.1 Å². The van der Waals surface area contributed by atoms with Crippen molar-refractivity contribution in [2.45, 2.75) is 26.0 Å². The Bertz CT molecular complexity index is 451. The average molecular weight is 268 g/mol. The Hall–Kier alpha value is -1.17. The highest BCUT2D eigenvalue weighted by Crippen LogP contribution is 2.29. The molecule has 0 radical (unpaired) electrons. The lowest BCUT2D eigenvalue weighted by molar-refractivity contribution is 0.00351. The maximum absolute atomic E-state index is 13.7. The van der Waals surface area contributed by atoms with Gasteiger partial charge in [0.25, 0.3) is 0 Å². The van der Waals surface area contributed by atoms with E-state index >= 15 is 0 Å². The largest absolute Gasteiger partial charge is 0.394 e. The van der Waals surface area contributed by atoms with Crippen molar-refractivity contribution in [2.24, 2.45) is 5.73 Å². The molecule has 1 heterocycles. The van der Waals surface area contributed by atoms with Crippen LogP contribution in [0.5, 0.6) is 0 Å². The van der Waals surface area contributed by atoms with Gasteiger partial charge in [0.15, 0.2) is 0 Å². The minimum atomic E-state index is -0.236. The van der Waals surface area contributed by atoms with Crippen LogP contribution in [0, 0.1) is 12.7 Å². The van der Waals surface area contributed by atoms with E-state index in [0.29, 0.717) is 18.7 Å². The van der Waals surface area contributed by atoms with Gasteiger partial charge in [0, 0.05) is 24.8 Å². The number of halogens is 1. The molecular weight excluding hydrogens is 247 g/mol. The Morgan fingerprint density at radius 2 is 2.32 bits per heavy atom. The minimum Gasteiger partial charge on any atom is -0.394 e. The van der Waals surface area contributed by atoms with Gasteiger partial charge in [0.2, 0.25) is 0 Å². The summed E-state index contributed by atoms with van der Waals surface area (Å²) >= 11 is 0. The molecule has 0 aromatic heterocycles. The minimum absolute atomic E-state index is 0.00973. The van der Waals surface area contributed by atoms with Crippen molar-refractivity contribution < 1.29 is 14.2 Å². The summed E-state index contributed by atoms with van der Waals surface area (Å²) in [6.07, 6.45) is -0.194. The van der Waals surface area contributed by atoms with E-state index in [1.165, 1.54) is 6.07 Å². The van der Waals surface area contributed by atoms with E-state index < -0.39 is 0 Å². The lowest BCUT2D eigenvalue weighted by Gasteiger charge is -2.35. The third-order valence-corrected chi connectivity index (χ3v) is 3.48. The van der Waals surface area contributed by atoms with Crippen molar-refractivity contribution in [3.8, 4) is 0 Å². The van der Waals surface area contributed by atoms with Gasteiger partial charge in [0.05, 0.1) is 19.3 Å². The Morgan fingerprint density at radius 3 is 2.95 bits per heavy atom. The molecule has 19 heavy (non-hydrogen) atoms. The second-order valence-electron chi connectivity index (χ2n) is 5.07. The molecule has 1 aromatic rings. The quantitative estimate of drug-likeness (QED) is 0.869. The summed E-state index contributed by atoms with van der Waals surface area (Å²) in [5, 5.41) is 9.20. The molecular formula is C14H21FN2O2. The standard InChI is InChI=1S/C14H21FN2O2/c1-9-5-14(12(10(2)16)6-13(9)15)17-3-4-19-11(7-17)8-18/h5-6,10-11,18H,3-4,7-8,16H2,1-2H3/t10-,11?/m1/s1. The molecule has 1 saturated heterocycles. The number of rotatable bonds is 3. The molecule has 5 heteroatoms. The molecule has 2 rings (SSSR count). The second-order valence-corrected chi connectivity index (χ2v) is 5.07. The molecule has 1 aromatic carbocycles. The average Bonchev–Trinajstić information content (AvgIpc) is 2.41. The molecule has 0 saturated carbocycles. The summed E-state index contributed by atoms with van der Waals surface area (Å²) in [6.45, 7) is 5.46. The van der Waals surface area contributed by atoms with Crippen LogP contribution in [-0.4, -0.2) is 37.5 Å². The first-order chi connectivity index (χ1) is 9.02. The Labute approximate surface area is 113 Å². The van der Waals surface area contributed by atoms with E-state index in [4.69, 9.17) is 10.5 Å². The molecule has 0 spiro atoms. The first kappa shape index (κ1) is 14.2. The zero-order valence-electron chi connectivity index (χ0n) is 11.4. The highest BCUT2D eigenvalue weighted by atomic mass is 19.1. The highest BCUT2D eigenvalue weighted by molar-refractivity contribution is 5.57. The zero-order chi connectivity index (χ0) is 14.0. The SMILES string of the molecule is Cc1cc(N2CCOC(CO)C2)c([C@@H](C)N)cc1F. The van der Waals surface area contributed by atoms with Gasteiger partial charge in [-0.15, -0.1) is 0 Å². The summed E-state index contributed by atoms with van der Waals surface area (Å²) in [5.41, 5.74) is 8.27. The van der Waals surface area contributed by atoms with Gasteiger partial charge >= 0.3 is 0 Å². The molecule has 0 aliphatic carbocycles. The molecule has 1 fully saturated rings. The van der Waals surface area contributed by atoms with Gasteiger partial charge in [0.1, 0.15) is 5.82 Å². The fourth-order valence-electron chi connectivity index (χ4n) is 2.37. The summed E-state index contributed by atoms with van der Waals surface area (Å²) in [6, 6.07) is 3.10. The van der Waals surface area contributed by atoms with Gasteiger partial charge in [-0.3, -0.25) is 0 Å². The highest BCUT2D eigenvalue weighted by Gasteiger charge is 2.23. The molecule has 0 bridgehead atoms. The number of ether oxygens (including phenoxy) is 1. The number of anilines is 1. The van der Waals surface area contributed by atoms with E-state index in [9.17, 15) is 9.50 Å². The third-order valence-electron chi connectivity index (χ3n) is 3.48. The number of nitrogens with two attached hydrogens (primary N) is 1. The number of aryl methyl sites for hydroxylation is 1. The van der Waals surface area contributed by atoms with Gasteiger partial charge in [-0.25, -0.2) is 4.39 Å². The maximum Gasteiger partial charge on any atom is 0.126 e. The van der Waals surface area contributed by atoms with Crippen LogP contribution >= 0.6 is 0 Å². The van der Waals surface area contributed by atoms with Gasteiger partial charge in [-0.2, -0.15) is 0 Å². The molecule has 1 aliphatic rings. The molecule has 0 amide bonds. The van der Waals surface area contributed by atoms with Crippen LogP contribution in [0.25, 0.3) is 0 Å². The summed E-state index contributed by atoms with van der Waals surface area (Å²) in [7, 11) is 0. The van der Waals surface area contributed by atoms with Crippen molar-refractivity contribution in [1.82, 2.24) is 0 Å². The van der Waals surface area contributed by atoms with E-state index in [2.05, 4.69) is 4.90 Å². The van der Waals surface area contributed by atoms with Crippen molar-refractivity contribution in [1.29, 1.82) is 0 Å². The van der Waals surface area contributed by atoms with Crippen LogP contribution < -0.4 is 10.6 Å². The lowest BCUT2D eigenvalue weighted by atomic mass is 10.0. The summed E-state index contributed by atoms with van der Waals surface area (Å²) in [5.74, 6) is -0.233. The van der Waals surface area contributed by atoms with Crippen LogP contribution in [0.3, 0.4) is 0 Å². The first-order valence-corrected chi connectivity index (χ1v) is 6.56. The number of benzene rings is 1. The number of nitrogens with zero attached hydrogens (tertiary/aromatic N) is 1. The predicted octanol–water partition coefficient (Wildman–Crippen LogP) is 1.35. The monoisotopic (exact) mass is 268 g/mol. The summed E-state index contributed by atoms with van der Waals surface area (Å²) < 4.78 is 19.1. The van der Waals surface area contributed by atoms with E-state index in [0.717, 1.165) is 17.8 Å². The van der Waals surface area contributed by atoms with E-state index in [-0.39, 0.29) is 24.6 Å². The van der Waals surface area contributed by atoms with Crippen molar-refractivity contribution >= 4 is 5.69 Å². The van der Waals surface area contributed by atoms with E-state index in [1.807, 2.05) is 13.0 Å². The molecule has 4 nitrogen and oxygen atoms in total. The van der Waals surface area contributed by atoms with Crippen molar-refractivity contribution in [3.05, 3.63) is 29.1 Å². The van der Waals surface area contributed by atoms with Crippen LogP contribution in [-0.2, 0) is 4.74 Å². The van der Waals surface area contributed by atoms with E-state index in [1.54, 1.807) is 6.92 Å². The summed E-state index contributed by atoms with van der Waals surface area (Å²) in [4.78, 5) is 2.11. The Balaban J connectivity index is 2.34. The van der Waals surface area contributed by atoms with Crippen LogP contribution in [0.2, 0.25) is 0 Å². The van der Waals surface area contributed by atoms with Crippen LogP contribution in [0.4, 0.5) is 10.1 Å². The predicted molar refractivity (Wildman–Crippen MR) is 72.8 cm³/mol. The van der Waals surface area contributed by atoms with Gasteiger partial charge in [-0.1, -0.05) is 0 Å². The van der Waals surface area contributed by atoms with Crippen molar-refractivity contribution in [2.75, 3.05) is 31.2 Å². The maximum atomic E-state index is 13.7. The van der Waals surface area contributed by atoms with Gasteiger partial charge < -0.3 is 20.5 Å². The fraction of sp³-hybridized carbons (Fsp3) is 0.571. The van der Waals surface area contributed by atoms with Crippen LogP contribution in [0.15, 0.2) is 12.1 Å². The number of hydrogen-bond donors (Lipinski definition) is 2. The van der Waals surface area contributed by atoms with Crippen LogP contribution in [0.1, 0.15) is 24.1 Å². The number of morpholine rings is 1. The Kier molecular flexibility index (Phi) is 4.39. The second kappa shape index (κ2) is 5.86. The normalized spacial score (nSPS) is 21.5. The molecule has 1 aliphatic heterocycles. The Morgan fingerprint density at radius 1 is 1.58 bits per heavy atom. The molecule has 3 N–H and O–H groups in total. The number of hydrogen-bond acceptors (Lipinski definition) is 4. The molecule has 106 valence electrons. The first-order valence-electron chi connectivity index (χ1n) is 6.56. The molecule has 2 atom stereocenters. The zero-order valence-corrected chi connectivity index (χ0v) is 11.4. The number of aliphatic hydroxyl groups excluding tert-OH is 1. The lowest BCUT2D eigenvalue weighted by Crippen LogP contribution is -2.44. The third kappa shape index (κ3) is 3.05. The number of aliphatic hydroxyl groups is 1. The smallest absolute Gasteiger partial charge is 0.126 e.